The van der Waals surface area contributed by atoms with E-state index < -0.39 is 19.2 Å². The zero-order valence-electron chi connectivity index (χ0n) is 16.2. The maximum absolute atomic E-state index is 14.7. The van der Waals surface area contributed by atoms with E-state index >= 15 is 0 Å². The van der Waals surface area contributed by atoms with Crippen molar-refractivity contribution in [2.24, 2.45) is 5.92 Å². The van der Waals surface area contributed by atoms with Crippen LogP contribution >= 0.6 is 7.60 Å². The van der Waals surface area contributed by atoms with Gasteiger partial charge in [0.2, 0.25) is 5.82 Å². The molecule has 2 aromatic carbocycles. The first kappa shape index (κ1) is 21.0. The van der Waals surface area contributed by atoms with Crippen molar-refractivity contribution in [2.75, 3.05) is 0 Å². The van der Waals surface area contributed by atoms with Crippen LogP contribution in [0.5, 0.6) is 11.5 Å². The van der Waals surface area contributed by atoms with E-state index in [4.69, 9.17) is 4.74 Å². The molecular weight excluding hydrogens is 385 g/mol. The molecule has 1 fully saturated rings. The highest BCUT2D eigenvalue weighted by molar-refractivity contribution is 7.60. The third-order valence-electron chi connectivity index (χ3n) is 5.53. The Kier molecular flexibility index (Phi) is 5.95. The van der Waals surface area contributed by atoms with E-state index in [9.17, 15) is 23.1 Å². The molecule has 1 saturated carbocycles. The first-order valence-electron chi connectivity index (χ1n) is 9.41. The van der Waals surface area contributed by atoms with Crippen LogP contribution in [0.2, 0.25) is 0 Å². The van der Waals surface area contributed by atoms with Gasteiger partial charge in [-0.25, -0.2) is 4.39 Å². The Morgan fingerprint density at radius 1 is 1.00 bits per heavy atom. The smallest absolute Gasteiger partial charge is 0.356 e. The van der Waals surface area contributed by atoms with Gasteiger partial charge in [-0.05, 0) is 73.4 Å². The van der Waals surface area contributed by atoms with Crippen LogP contribution in [0.4, 0.5) is 8.78 Å². The third-order valence-corrected chi connectivity index (χ3v) is 6.46. The summed E-state index contributed by atoms with van der Waals surface area (Å²) in [7, 11) is -4.41. The van der Waals surface area contributed by atoms with Crippen LogP contribution in [0.1, 0.15) is 55.2 Å². The molecule has 4 nitrogen and oxygen atoms in total. The van der Waals surface area contributed by atoms with Crippen molar-refractivity contribution >= 4 is 12.9 Å². The second-order valence-corrected chi connectivity index (χ2v) is 9.40. The topological polar surface area (TPSA) is 66.8 Å². The first-order valence-corrected chi connectivity index (χ1v) is 11.0. The fourth-order valence-electron chi connectivity index (χ4n) is 3.88. The summed E-state index contributed by atoms with van der Waals surface area (Å²) in [6.07, 6.45) is 3.71. The first-order chi connectivity index (χ1) is 13.1. The lowest BCUT2D eigenvalue weighted by molar-refractivity contribution is 0.336. The van der Waals surface area contributed by atoms with Crippen molar-refractivity contribution in [3.05, 3.63) is 52.6 Å². The van der Waals surface area contributed by atoms with Gasteiger partial charge in [0.25, 0.3) is 0 Å². The van der Waals surface area contributed by atoms with Crippen LogP contribution < -0.4 is 10.0 Å². The van der Waals surface area contributed by atoms with E-state index in [2.05, 4.69) is 6.92 Å². The predicted molar refractivity (Wildman–Crippen MR) is 104 cm³/mol. The van der Waals surface area contributed by atoms with E-state index in [1.54, 1.807) is 19.9 Å². The lowest BCUT2D eigenvalue weighted by atomic mass is 9.79. The van der Waals surface area contributed by atoms with E-state index in [1.807, 2.05) is 0 Å². The third kappa shape index (κ3) is 4.29. The van der Waals surface area contributed by atoms with Crippen LogP contribution in [0.3, 0.4) is 0 Å². The van der Waals surface area contributed by atoms with Gasteiger partial charge in [-0.3, -0.25) is 4.57 Å². The highest BCUT2D eigenvalue weighted by Crippen LogP contribution is 2.40. The van der Waals surface area contributed by atoms with Gasteiger partial charge in [0.15, 0.2) is 11.6 Å². The highest BCUT2D eigenvalue weighted by Gasteiger charge is 2.26. The molecule has 7 heteroatoms. The standard InChI is InChI=1S/C21H25F2O4P/c1-12-4-6-15(7-5-12)17-8-9-18(20(23)19(17)22)27-21-13(2)10-16(11-14(21)3)28(24,25)26/h8-12,15H,4-7H2,1-3H3,(H2,24,25,26). The molecule has 0 bridgehead atoms. The molecule has 3 rings (SSSR count). The van der Waals surface area contributed by atoms with Crippen molar-refractivity contribution in [1.29, 1.82) is 0 Å². The molecule has 2 N–H and O–H groups in total. The van der Waals surface area contributed by atoms with Gasteiger partial charge < -0.3 is 14.5 Å². The molecule has 0 aliphatic heterocycles. The normalized spacial score (nSPS) is 20.2. The lowest BCUT2D eigenvalue weighted by Crippen LogP contribution is -2.13. The second kappa shape index (κ2) is 7.94. The number of aryl methyl sites for hydroxylation is 2. The van der Waals surface area contributed by atoms with Crippen molar-refractivity contribution in [1.82, 2.24) is 0 Å². The average Bonchev–Trinajstić information content (AvgIpc) is 2.61. The van der Waals surface area contributed by atoms with Crippen molar-refractivity contribution in [3.63, 3.8) is 0 Å². The van der Waals surface area contributed by atoms with Gasteiger partial charge in [0.05, 0.1) is 5.30 Å². The minimum atomic E-state index is -4.41. The minimum absolute atomic E-state index is 0.0192. The molecule has 0 amide bonds. The highest BCUT2D eigenvalue weighted by atomic mass is 31.2. The number of halogens is 2. The summed E-state index contributed by atoms with van der Waals surface area (Å²) in [5.41, 5.74) is 1.26. The molecule has 1 aliphatic carbocycles. The van der Waals surface area contributed by atoms with Gasteiger partial charge in [0.1, 0.15) is 5.75 Å². The molecule has 0 heterocycles. The monoisotopic (exact) mass is 410 g/mol. The molecule has 28 heavy (non-hydrogen) atoms. The maximum atomic E-state index is 14.7. The van der Waals surface area contributed by atoms with Crippen LogP contribution in [0, 0.1) is 31.4 Å². The number of rotatable bonds is 4. The molecule has 0 radical (unpaired) electrons. The lowest BCUT2D eigenvalue weighted by Gasteiger charge is -2.27. The van der Waals surface area contributed by atoms with Crippen LogP contribution in [0.25, 0.3) is 0 Å². The fraction of sp³-hybridized carbons (Fsp3) is 0.429. The summed E-state index contributed by atoms with van der Waals surface area (Å²) in [6.45, 7) is 5.38. The Labute approximate surface area is 163 Å². The van der Waals surface area contributed by atoms with Gasteiger partial charge in [-0.1, -0.05) is 25.8 Å². The zero-order valence-corrected chi connectivity index (χ0v) is 17.1. The Morgan fingerprint density at radius 3 is 2.11 bits per heavy atom. The van der Waals surface area contributed by atoms with Crippen molar-refractivity contribution in [3.8, 4) is 11.5 Å². The van der Waals surface area contributed by atoms with E-state index in [-0.39, 0.29) is 22.7 Å². The Bertz CT molecular complexity index is 907. The molecule has 2 aromatic rings. The Morgan fingerprint density at radius 2 is 1.57 bits per heavy atom. The van der Waals surface area contributed by atoms with E-state index in [0.29, 0.717) is 22.6 Å². The minimum Gasteiger partial charge on any atom is -0.454 e. The molecule has 152 valence electrons. The van der Waals surface area contributed by atoms with E-state index in [1.165, 1.54) is 18.2 Å². The van der Waals surface area contributed by atoms with E-state index in [0.717, 1.165) is 25.7 Å². The number of ether oxygens (including phenoxy) is 1. The predicted octanol–water partition coefficient (Wildman–Crippen LogP) is 5.47. The van der Waals surface area contributed by atoms with Gasteiger partial charge in [-0.2, -0.15) is 4.39 Å². The van der Waals surface area contributed by atoms with Gasteiger partial charge in [0, 0.05) is 0 Å². The summed E-state index contributed by atoms with van der Waals surface area (Å²) in [4.78, 5) is 18.7. The van der Waals surface area contributed by atoms with Gasteiger partial charge in [-0.15, -0.1) is 0 Å². The molecule has 1 aliphatic rings. The molecule has 0 aromatic heterocycles. The molecule has 0 saturated heterocycles. The summed E-state index contributed by atoms with van der Waals surface area (Å²) in [5.74, 6) is -1.25. The molecule has 0 atom stereocenters. The van der Waals surface area contributed by atoms with Crippen molar-refractivity contribution < 1.29 is 27.9 Å². The number of benzene rings is 2. The summed E-state index contributed by atoms with van der Waals surface area (Å²) in [5, 5.41) is -0.136. The molecule has 0 spiro atoms. The van der Waals surface area contributed by atoms with Gasteiger partial charge >= 0.3 is 7.60 Å². The molecular formula is C21H25F2O4P. The maximum Gasteiger partial charge on any atom is 0.356 e. The SMILES string of the molecule is Cc1cc(P(=O)(O)O)cc(C)c1Oc1ccc(C2CCC(C)CC2)c(F)c1F. The average molecular weight is 410 g/mol. The quantitative estimate of drug-likeness (QED) is 0.656. The van der Waals surface area contributed by atoms with Crippen LogP contribution in [-0.4, -0.2) is 9.79 Å². The zero-order chi connectivity index (χ0) is 20.6. The molecule has 0 unspecified atom stereocenters. The largest absolute Gasteiger partial charge is 0.454 e. The summed E-state index contributed by atoms with van der Waals surface area (Å²) < 4.78 is 46.5. The second-order valence-electron chi connectivity index (χ2n) is 7.79. The van der Waals surface area contributed by atoms with Crippen molar-refractivity contribution in [2.45, 2.75) is 52.4 Å². The number of hydrogen-bond donors (Lipinski definition) is 2. The Hall–Kier alpha value is -1.75. The number of hydrogen-bond acceptors (Lipinski definition) is 2. The van der Waals surface area contributed by atoms with Crippen LogP contribution in [-0.2, 0) is 4.57 Å². The van der Waals surface area contributed by atoms with Crippen LogP contribution in [0.15, 0.2) is 24.3 Å². The summed E-state index contributed by atoms with van der Waals surface area (Å²) in [6, 6.07) is 5.62. The Balaban J connectivity index is 1.90. The fourth-order valence-corrected chi connectivity index (χ4v) is 4.60. The summed E-state index contributed by atoms with van der Waals surface area (Å²) >= 11 is 0.